The number of hydrogen-bond donors (Lipinski definition) is 1. The molecule has 3 unspecified atom stereocenters. The van der Waals surface area contributed by atoms with Crippen LogP contribution in [0.5, 0.6) is 0 Å². The van der Waals surface area contributed by atoms with Crippen molar-refractivity contribution in [1.82, 2.24) is 4.90 Å². The van der Waals surface area contributed by atoms with Crippen LogP contribution >= 0.6 is 0 Å². The van der Waals surface area contributed by atoms with Gasteiger partial charge in [0.1, 0.15) is 0 Å². The van der Waals surface area contributed by atoms with E-state index in [2.05, 4.69) is 0 Å². The second-order valence-corrected chi connectivity index (χ2v) is 3.75. The van der Waals surface area contributed by atoms with E-state index in [1.807, 2.05) is 6.92 Å². The Morgan fingerprint density at radius 1 is 1.62 bits per heavy atom. The molecule has 1 N–H and O–H groups in total. The number of hydrogen-bond acceptors (Lipinski definition) is 2. The maximum absolute atomic E-state index is 10.9. The maximum Gasteiger partial charge on any atom is 0.407 e. The Hall–Kier alpha value is -0.770. The van der Waals surface area contributed by atoms with E-state index in [4.69, 9.17) is 9.84 Å². The number of ether oxygens (including phenoxy) is 1. The molecular formula is C9H15NO3. The van der Waals surface area contributed by atoms with Crippen LogP contribution in [0.15, 0.2) is 0 Å². The second kappa shape index (κ2) is 3.18. The molecule has 74 valence electrons. The highest BCUT2D eigenvalue weighted by Gasteiger charge is 2.44. The first kappa shape index (κ1) is 8.81. The zero-order valence-electron chi connectivity index (χ0n) is 7.77. The molecule has 0 aromatic rings. The van der Waals surface area contributed by atoms with Crippen molar-refractivity contribution in [2.75, 3.05) is 6.54 Å². The van der Waals surface area contributed by atoms with Gasteiger partial charge in [-0.25, -0.2) is 4.79 Å². The van der Waals surface area contributed by atoms with Crippen LogP contribution in [-0.4, -0.2) is 40.9 Å². The summed E-state index contributed by atoms with van der Waals surface area (Å²) in [4.78, 5) is 12.4. The second-order valence-electron chi connectivity index (χ2n) is 3.75. The fourth-order valence-corrected chi connectivity index (χ4v) is 2.45. The average molecular weight is 185 g/mol. The van der Waals surface area contributed by atoms with Crippen molar-refractivity contribution in [1.29, 1.82) is 0 Å². The standard InChI is InChI=1S/C9H15NO3/c1-2-10(9(11)12)7-5-6-3-4-8(7)13-6/h6-8H,2-5H2,1H3,(H,11,12). The van der Waals surface area contributed by atoms with Crippen molar-refractivity contribution in [2.24, 2.45) is 0 Å². The summed E-state index contributed by atoms with van der Waals surface area (Å²) in [7, 11) is 0. The Morgan fingerprint density at radius 3 is 2.77 bits per heavy atom. The molecule has 4 nitrogen and oxygen atoms in total. The fourth-order valence-electron chi connectivity index (χ4n) is 2.45. The molecule has 1 amide bonds. The summed E-state index contributed by atoms with van der Waals surface area (Å²) < 4.78 is 5.61. The van der Waals surface area contributed by atoms with E-state index < -0.39 is 6.09 Å². The van der Waals surface area contributed by atoms with Crippen LogP contribution in [0.3, 0.4) is 0 Å². The molecule has 0 radical (unpaired) electrons. The van der Waals surface area contributed by atoms with Gasteiger partial charge in [0.05, 0.1) is 18.2 Å². The highest BCUT2D eigenvalue weighted by atomic mass is 16.5. The van der Waals surface area contributed by atoms with Gasteiger partial charge in [0, 0.05) is 6.54 Å². The van der Waals surface area contributed by atoms with E-state index in [1.165, 1.54) is 4.90 Å². The van der Waals surface area contributed by atoms with Crippen molar-refractivity contribution >= 4 is 6.09 Å². The number of amides is 1. The highest BCUT2D eigenvalue weighted by molar-refractivity contribution is 5.65. The van der Waals surface area contributed by atoms with Gasteiger partial charge in [0.25, 0.3) is 0 Å². The molecule has 0 saturated carbocycles. The first-order chi connectivity index (χ1) is 6.22. The van der Waals surface area contributed by atoms with Crippen LogP contribution in [0.1, 0.15) is 26.2 Å². The molecule has 2 heterocycles. The van der Waals surface area contributed by atoms with E-state index in [-0.39, 0.29) is 12.1 Å². The third kappa shape index (κ3) is 1.39. The summed E-state index contributed by atoms with van der Waals surface area (Å²) in [5, 5.41) is 8.93. The third-order valence-electron chi connectivity index (χ3n) is 3.06. The van der Waals surface area contributed by atoms with Crippen LogP contribution in [0, 0.1) is 0 Å². The minimum absolute atomic E-state index is 0.112. The van der Waals surface area contributed by atoms with Gasteiger partial charge in [-0.3, -0.25) is 0 Å². The quantitative estimate of drug-likeness (QED) is 0.705. The van der Waals surface area contributed by atoms with E-state index >= 15 is 0 Å². The summed E-state index contributed by atoms with van der Waals surface area (Å²) >= 11 is 0. The van der Waals surface area contributed by atoms with Gasteiger partial charge in [0.15, 0.2) is 0 Å². The Labute approximate surface area is 77.5 Å². The molecule has 2 bridgehead atoms. The SMILES string of the molecule is CCN(C(=O)O)C1CC2CCC1O2. The number of likely N-dealkylation sites (N-methyl/N-ethyl adjacent to an activating group) is 1. The van der Waals surface area contributed by atoms with Crippen LogP contribution < -0.4 is 0 Å². The summed E-state index contributed by atoms with van der Waals surface area (Å²) in [6.07, 6.45) is 2.70. The van der Waals surface area contributed by atoms with Crippen LogP contribution in [0.2, 0.25) is 0 Å². The number of rotatable bonds is 2. The van der Waals surface area contributed by atoms with Crippen LogP contribution in [0.25, 0.3) is 0 Å². The molecule has 0 spiro atoms. The summed E-state index contributed by atoms with van der Waals surface area (Å²) in [6, 6.07) is 0.112. The normalized spacial score (nSPS) is 36.5. The Kier molecular flexibility index (Phi) is 2.15. The smallest absolute Gasteiger partial charge is 0.407 e. The van der Waals surface area contributed by atoms with E-state index in [1.54, 1.807) is 0 Å². The van der Waals surface area contributed by atoms with Gasteiger partial charge < -0.3 is 14.7 Å². The number of fused-ring (bicyclic) bond motifs is 2. The molecule has 2 aliphatic heterocycles. The predicted molar refractivity (Wildman–Crippen MR) is 46.7 cm³/mol. The summed E-state index contributed by atoms with van der Waals surface area (Å²) in [5.74, 6) is 0. The molecule has 0 aliphatic carbocycles. The average Bonchev–Trinajstić information content (AvgIpc) is 2.65. The van der Waals surface area contributed by atoms with E-state index in [9.17, 15) is 4.79 Å². The first-order valence-corrected chi connectivity index (χ1v) is 4.87. The van der Waals surface area contributed by atoms with E-state index in [0.29, 0.717) is 12.6 Å². The van der Waals surface area contributed by atoms with Crippen LogP contribution in [-0.2, 0) is 4.74 Å². The monoisotopic (exact) mass is 185 g/mol. The molecule has 2 aliphatic rings. The van der Waals surface area contributed by atoms with E-state index in [0.717, 1.165) is 19.3 Å². The molecule has 2 fully saturated rings. The minimum atomic E-state index is -0.816. The lowest BCUT2D eigenvalue weighted by molar-refractivity contribution is 0.0681. The zero-order valence-corrected chi connectivity index (χ0v) is 7.77. The molecule has 2 saturated heterocycles. The van der Waals surface area contributed by atoms with Crippen LogP contribution in [0.4, 0.5) is 4.79 Å². The zero-order chi connectivity index (χ0) is 9.42. The van der Waals surface area contributed by atoms with Gasteiger partial charge in [-0.05, 0) is 26.2 Å². The topological polar surface area (TPSA) is 49.8 Å². The lowest BCUT2D eigenvalue weighted by atomic mass is 9.94. The van der Waals surface area contributed by atoms with Crippen molar-refractivity contribution in [3.63, 3.8) is 0 Å². The molecule has 0 aromatic carbocycles. The first-order valence-electron chi connectivity index (χ1n) is 4.87. The summed E-state index contributed by atoms with van der Waals surface area (Å²) in [6.45, 7) is 2.44. The fraction of sp³-hybridized carbons (Fsp3) is 0.889. The molecular weight excluding hydrogens is 170 g/mol. The molecule has 4 heteroatoms. The highest BCUT2D eigenvalue weighted by Crippen LogP contribution is 2.37. The van der Waals surface area contributed by atoms with Gasteiger partial charge in [-0.1, -0.05) is 0 Å². The molecule has 3 atom stereocenters. The molecule has 0 aromatic heterocycles. The minimum Gasteiger partial charge on any atom is -0.465 e. The Balaban J connectivity index is 2.04. The lowest BCUT2D eigenvalue weighted by Gasteiger charge is -2.29. The van der Waals surface area contributed by atoms with Crippen molar-refractivity contribution in [3.05, 3.63) is 0 Å². The lowest BCUT2D eigenvalue weighted by Crippen LogP contribution is -2.44. The van der Waals surface area contributed by atoms with Gasteiger partial charge in [-0.2, -0.15) is 0 Å². The summed E-state index contributed by atoms with van der Waals surface area (Å²) in [5.41, 5.74) is 0. The third-order valence-corrected chi connectivity index (χ3v) is 3.06. The Morgan fingerprint density at radius 2 is 2.38 bits per heavy atom. The van der Waals surface area contributed by atoms with Crippen molar-refractivity contribution < 1.29 is 14.6 Å². The van der Waals surface area contributed by atoms with Crippen molar-refractivity contribution in [2.45, 2.75) is 44.4 Å². The molecule has 13 heavy (non-hydrogen) atoms. The number of nitrogens with zero attached hydrogens (tertiary/aromatic N) is 1. The van der Waals surface area contributed by atoms with Gasteiger partial charge in [-0.15, -0.1) is 0 Å². The van der Waals surface area contributed by atoms with Gasteiger partial charge >= 0.3 is 6.09 Å². The maximum atomic E-state index is 10.9. The largest absolute Gasteiger partial charge is 0.465 e. The number of carbonyl (C=O) groups is 1. The number of carboxylic acid groups (broad SMARTS) is 1. The predicted octanol–water partition coefficient (Wildman–Crippen LogP) is 1.31. The Bertz CT molecular complexity index is 219. The molecule has 2 rings (SSSR count). The van der Waals surface area contributed by atoms with Crippen molar-refractivity contribution in [3.8, 4) is 0 Å². The van der Waals surface area contributed by atoms with Gasteiger partial charge in [0.2, 0.25) is 0 Å².